The van der Waals surface area contributed by atoms with Gasteiger partial charge in [-0.15, -0.1) is 5.10 Å². The normalized spacial score (nSPS) is 10.5. The van der Waals surface area contributed by atoms with E-state index in [1.165, 1.54) is 0 Å². The molecule has 8 heteroatoms. The molecule has 3 aromatic rings. The van der Waals surface area contributed by atoms with Gasteiger partial charge in [0, 0.05) is 18.9 Å². The topological polar surface area (TPSA) is 97.9 Å². The second-order valence-electron chi connectivity index (χ2n) is 4.68. The number of para-hydroxylation sites is 1. The smallest absolute Gasteiger partial charge is 0.327 e. The average Bonchev–Trinajstić information content (AvgIpc) is 3.10. The van der Waals surface area contributed by atoms with Gasteiger partial charge in [0.15, 0.2) is 0 Å². The summed E-state index contributed by atoms with van der Waals surface area (Å²) < 4.78 is 6.97. The quantitative estimate of drug-likeness (QED) is 0.773. The Morgan fingerprint density at radius 3 is 2.73 bits per heavy atom. The molecule has 2 amide bonds. The van der Waals surface area contributed by atoms with Crippen LogP contribution in [0.25, 0.3) is 11.6 Å². The zero-order valence-electron chi connectivity index (χ0n) is 12.1. The molecule has 0 aliphatic rings. The van der Waals surface area contributed by atoms with E-state index >= 15 is 0 Å². The zero-order chi connectivity index (χ0) is 15.5. The molecular weight excluding hydrogens is 284 g/mol. The van der Waals surface area contributed by atoms with Crippen LogP contribution in [0.4, 0.5) is 16.5 Å². The fourth-order valence-electron chi connectivity index (χ4n) is 1.87. The summed E-state index contributed by atoms with van der Waals surface area (Å²) in [6.07, 6.45) is 1.76. The molecule has 8 nitrogen and oxygen atoms in total. The second kappa shape index (κ2) is 5.68. The number of nitrogens with one attached hydrogen (secondary N) is 2. The summed E-state index contributed by atoms with van der Waals surface area (Å²) in [4.78, 5) is 11.9. The lowest BCUT2D eigenvalue weighted by Crippen LogP contribution is -2.20. The molecule has 0 saturated carbocycles. The lowest BCUT2D eigenvalue weighted by molar-refractivity contribution is 0.261. The number of hydrogen-bond donors (Lipinski definition) is 2. The standard InChI is InChI=1S/C14H14N6O2/c1-9-5-3-4-6-10(9)15-13(21)16-14-18-17-12(22-14)11-7-8-20(2)19-11/h3-8H,1-2H3,(H2,15,16,18,21). The Hall–Kier alpha value is -3.16. The van der Waals surface area contributed by atoms with Crippen molar-refractivity contribution in [2.24, 2.45) is 7.05 Å². The fourth-order valence-corrected chi connectivity index (χ4v) is 1.87. The van der Waals surface area contributed by atoms with Crippen LogP contribution in [-0.4, -0.2) is 26.0 Å². The van der Waals surface area contributed by atoms with Crippen LogP contribution >= 0.6 is 0 Å². The molecule has 2 aromatic heterocycles. The van der Waals surface area contributed by atoms with Crippen LogP contribution in [0.2, 0.25) is 0 Å². The van der Waals surface area contributed by atoms with Gasteiger partial charge in [-0.1, -0.05) is 23.3 Å². The summed E-state index contributed by atoms with van der Waals surface area (Å²) >= 11 is 0. The molecular formula is C14H14N6O2. The number of carbonyl (C=O) groups excluding carboxylic acids is 1. The van der Waals surface area contributed by atoms with Gasteiger partial charge in [0.2, 0.25) is 0 Å². The van der Waals surface area contributed by atoms with Gasteiger partial charge in [-0.25, -0.2) is 4.79 Å². The van der Waals surface area contributed by atoms with Crippen molar-refractivity contribution in [2.45, 2.75) is 6.92 Å². The molecule has 0 bridgehead atoms. The monoisotopic (exact) mass is 298 g/mol. The van der Waals surface area contributed by atoms with Gasteiger partial charge in [-0.2, -0.15) is 5.10 Å². The van der Waals surface area contributed by atoms with Crippen molar-refractivity contribution >= 4 is 17.7 Å². The minimum absolute atomic E-state index is 0.00624. The van der Waals surface area contributed by atoms with Crippen molar-refractivity contribution in [3.05, 3.63) is 42.1 Å². The van der Waals surface area contributed by atoms with Crippen LogP contribution in [0, 0.1) is 6.92 Å². The summed E-state index contributed by atoms with van der Waals surface area (Å²) in [7, 11) is 1.79. The van der Waals surface area contributed by atoms with E-state index < -0.39 is 6.03 Å². The Bertz CT molecular complexity index is 807. The Balaban J connectivity index is 1.67. The number of hydrogen-bond acceptors (Lipinski definition) is 5. The summed E-state index contributed by atoms with van der Waals surface area (Å²) in [5.74, 6) is 0.242. The number of nitrogens with zero attached hydrogens (tertiary/aromatic N) is 4. The van der Waals surface area contributed by atoms with Crippen LogP contribution < -0.4 is 10.6 Å². The van der Waals surface area contributed by atoms with Crippen molar-refractivity contribution in [1.29, 1.82) is 0 Å². The molecule has 0 unspecified atom stereocenters. The molecule has 0 spiro atoms. The Labute approximate surface area is 126 Å². The van der Waals surface area contributed by atoms with Crippen LogP contribution in [0.5, 0.6) is 0 Å². The highest BCUT2D eigenvalue weighted by Crippen LogP contribution is 2.18. The molecule has 2 N–H and O–H groups in total. The van der Waals surface area contributed by atoms with E-state index in [2.05, 4.69) is 25.9 Å². The van der Waals surface area contributed by atoms with Crippen LogP contribution in [0.1, 0.15) is 5.56 Å². The molecule has 2 heterocycles. The SMILES string of the molecule is Cc1ccccc1NC(=O)Nc1nnc(-c2ccn(C)n2)o1. The van der Waals surface area contributed by atoms with E-state index in [1.54, 1.807) is 24.0 Å². The molecule has 112 valence electrons. The molecule has 22 heavy (non-hydrogen) atoms. The molecule has 0 fully saturated rings. The Kier molecular flexibility index (Phi) is 3.57. The van der Waals surface area contributed by atoms with Gasteiger partial charge >= 0.3 is 12.0 Å². The first-order valence-corrected chi connectivity index (χ1v) is 6.59. The van der Waals surface area contributed by atoms with Gasteiger partial charge in [0.1, 0.15) is 5.69 Å². The molecule has 0 aliphatic heterocycles. The molecule has 1 aromatic carbocycles. The van der Waals surface area contributed by atoms with Crippen LogP contribution in [0.15, 0.2) is 40.9 Å². The van der Waals surface area contributed by atoms with E-state index in [1.807, 2.05) is 31.2 Å². The number of benzene rings is 1. The van der Waals surface area contributed by atoms with Gasteiger partial charge in [-0.05, 0) is 24.6 Å². The zero-order valence-corrected chi connectivity index (χ0v) is 12.1. The molecule has 0 aliphatic carbocycles. The maximum atomic E-state index is 11.9. The fraction of sp³-hybridized carbons (Fsp3) is 0.143. The Morgan fingerprint density at radius 1 is 1.18 bits per heavy atom. The lowest BCUT2D eigenvalue weighted by Gasteiger charge is -2.06. The minimum Gasteiger partial charge on any atom is -0.401 e. The van der Waals surface area contributed by atoms with E-state index in [-0.39, 0.29) is 11.9 Å². The first-order valence-electron chi connectivity index (χ1n) is 6.59. The third kappa shape index (κ3) is 2.95. The van der Waals surface area contributed by atoms with Gasteiger partial charge in [-0.3, -0.25) is 10.00 Å². The largest absolute Gasteiger partial charge is 0.401 e. The third-order valence-corrected chi connectivity index (χ3v) is 2.97. The maximum absolute atomic E-state index is 11.9. The predicted octanol–water partition coefficient (Wildman–Crippen LogP) is 2.42. The number of aryl methyl sites for hydroxylation is 2. The molecule has 0 atom stereocenters. The number of anilines is 2. The first kappa shape index (κ1) is 13.8. The van der Waals surface area contributed by atoms with Crippen molar-refractivity contribution in [3.63, 3.8) is 0 Å². The van der Waals surface area contributed by atoms with Crippen molar-refractivity contribution in [1.82, 2.24) is 20.0 Å². The lowest BCUT2D eigenvalue weighted by atomic mass is 10.2. The summed E-state index contributed by atoms with van der Waals surface area (Å²) in [5.41, 5.74) is 2.21. The van der Waals surface area contributed by atoms with Crippen LogP contribution in [0.3, 0.4) is 0 Å². The number of aromatic nitrogens is 4. The number of amides is 2. The average molecular weight is 298 g/mol. The highest BCUT2D eigenvalue weighted by Gasteiger charge is 2.13. The van der Waals surface area contributed by atoms with Gasteiger partial charge < -0.3 is 9.73 Å². The summed E-state index contributed by atoms with van der Waals surface area (Å²) in [6.45, 7) is 1.90. The van der Waals surface area contributed by atoms with E-state index in [0.29, 0.717) is 11.4 Å². The third-order valence-electron chi connectivity index (χ3n) is 2.97. The molecule has 3 rings (SSSR count). The highest BCUT2D eigenvalue weighted by molar-refractivity contribution is 5.98. The molecule has 0 saturated heterocycles. The first-order chi connectivity index (χ1) is 10.6. The van der Waals surface area contributed by atoms with Crippen molar-refractivity contribution in [2.75, 3.05) is 10.6 Å². The minimum atomic E-state index is -0.453. The van der Waals surface area contributed by atoms with E-state index in [9.17, 15) is 4.79 Å². The molecule has 0 radical (unpaired) electrons. The summed E-state index contributed by atoms with van der Waals surface area (Å²) in [6, 6.07) is 8.75. The number of rotatable bonds is 3. The Morgan fingerprint density at radius 2 is 2.00 bits per heavy atom. The van der Waals surface area contributed by atoms with E-state index in [0.717, 1.165) is 5.56 Å². The predicted molar refractivity (Wildman–Crippen MR) is 80.3 cm³/mol. The second-order valence-corrected chi connectivity index (χ2v) is 4.68. The summed E-state index contributed by atoms with van der Waals surface area (Å²) in [5, 5.41) is 17.0. The van der Waals surface area contributed by atoms with Gasteiger partial charge in [0.25, 0.3) is 5.89 Å². The maximum Gasteiger partial charge on any atom is 0.327 e. The van der Waals surface area contributed by atoms with Crippen LogP contribution in [-0.2, 0) is 7.05 Å². The number of urea groups is 1. The van der Waals surface area contributed by atoms with E-state index in [4.69, 9.17) is 4.42 Å². The number of carbonyl (C=O) groups is 1. The van der Waals surface area contributed by atoms with Gasteiger partial charge in [0.05, 0.1) is 0 Å². The van der Waals surface area contributed by atoms with Crippen molar-refractivity contribution < 1.29 is 9.21 Å². The van der Waals surface area contributed by atoms with Crippen molar-refractivity contribution in [3.8, 4) is 11.6 Å². The highest BCUT2D eigenvalue weighted by atomic mass is 16.4.